The van der Waals surface area contributed by atoms with E-state index >= 15 is 28.8 Å². The fraction of sp³-hybridized carbons (Fsp3) is 0.457. The van der Waals surface area contributed by atoms with Crippen LogP contribution in [0.25, 0.3) is 11.4 Å². The molecular formula is C81H96Cl10N8O6+2. The summed E-state index contributed by atoms with van der Waals surface area (Å²) in [5, 5.41) is 6.71. The Morgan fingerprint density at radius 1 is 0.410 bits per heavy atom. The molecule has 2 aliphatic heterocycles. The van der Waals surface area contributed by atoms with Crippen LogP contribution in [0.3, 0.4) is 0 Å². The SMILES string of the molecule is CCCCCCCCCCCCC=CCCCC[N+]1(N(c2ccccc2)c2[nH]n(-c3c(Cl)cc(Cl)cc3Cl)c(=O)c2C(c2ccc(Cl)cc2Cl)c2c(N(c3ccccc3)[N+]3(CCCCC=CCCCCCCCCCCCC)C(=O)CC(Cl)C3=O)[nH]n(-c3c(Cl)cc(Cl)cc3Cl)c2=O)C(=O)CC(Cl)C1=O. The number of carbonyl (C=O) groups is 4. The Hall–Kier alpha value is -5.30. The Kier molecular flexibility index (Phi) is 32.6. The van der Waals surface area contributed by atoms with Crippen LogP contribution in [0, 0.1) is 0 Å². The molecule has 105 heavy (non-hydrogen) atoms. The number of halogens is 10. The molecule has 0 spiro atoms. The molecule has 4 heterocycles. The lowest BCUT2D eigenvalue weighted by molar-refractivity contribution is -0.777. The van der Waals surface area contributed by atoms with Crippen molar-refractivity contribution in [1.82, 2.24) is 19.6 Å². The van der Waals surface area contributed by atoms with Crippen molar-refractivity contribution in [2.24, 2.45) is 0 Å². The maximum atomic E-state index is 17.0. The number of nitrogens with zero attached hydrogens (tertiary/aromatic N) is 6. The molecule has 2 aliphatic rings. The lowest BCUT2D eigenvalue weighted by atomic mass is 9.86. The minimum absolute atomic E-state index is 0.0496. The Morgan fingerprint density at radius 3 is 1.04 bits per heavy atom. The van der Waals surface area contributed by atoms with Gasteiger partial charge in [-0.1, -0.05) is 298 Å². The van der Waals surface area contributed by atoms with E-state index in [1.54, 1.807) is 60.7 Å². The fourth-order valence-electron chi connectivity index (χ4n) is 14.6. The second-order valence-corrected chi connectivity index (χ2v) is 31.9. The number of imide groups is 2. The van der Waals surface area contributed by atoms with Crippen molar-refractivity contribution in [3.8, 4) is 11.4 Å². The largest absolute Gasteiger partial charge is 0.364 e. The van der Waals surface area contributed by atoms with Crippen LogP contribution in [0.1, 0.15) is 229 Å². The van der Waals surface area contributed by atoms with E-state index in [2.05, 4.69) is 48.3 Å². The first kappa shape index (κ1) is 83.7. The summed E-state index contributed by atoms with van der Waals surface area (Å²) < 4.78 is -0.0609. The first-order valence-electron chi connectivity index (χ1n) is 37.4. The zero-order valence-corrected chi connectivity index (χ0v) is 67.5. The van der Waals surface area contributed by atoms with Crippen LogP contribution in [0.4, 0.5) is 23.0 Å². The van der Waals surface area contributed by atoms with Crippen molar-refractivity contribution in [2.45, 2.75) is 223 Å². The van der Waals surface area contributed by atoms with Crippen molar-refractivity contribution < 1.29 is 28.4 Å². The summed E-state index contributed by atoms with van der Waals surface area (Å²) in [5.41, 5.74) is -2.29. The van der Waals surface area contributed by atoms with Crippen molar-refractivity contribution in [1.29, 1.82) is 0 Å². The number of para-hydroxylation sites is 2. The number of rotatable bonds is 43. The van der Waals surface area contributed by atoms with Gasteiger partial charge in [0.05, 0.1) is 61.4 Å². The minimum Gasteiger partial charge on any atom is -0.271 e. The van der Waals surface area contributed by atoms with Gasteiger partial charge in [-0.15, -0.1) is 23.2 Å². The number of unbranched alkanes of at least 4 members (excludes halogenated alkanes) is 24. The number of quaternary nitrogens is 2. The average molecular weight is 1630 g/mol. The predicted molar refractivity (Wildman–Crippen MR) is 435 cm³/mol. The highest BCUT2D eigenvalue weighted by molar-refractivity contribution is 6.42. The van der Waals surface area contributed by atoms with Crippen LogP contribution >= 0.6 is 116 Å². The molecule has 14 nitrogen and oxygen atoms in total. The first-order chi connectivity index (χ1) is 50.7. The molecule has 2 aromatic heterocycles. The monoisotopic (exact) mass is 1630 g/mol. The van der Waals surface area contributed by atoms with E-state index in [0.717, 1.165) is 47.9 Å². The standard InChI is InChI=1S/C81H94Cl10N8O6/c1-3-5-7-9-11-13-15-17-19-21-23-25-27-29-31-39-47-98(69(100)54-67(90)80(98)104)96(59-41-35-33-36-42-59)76-72(78(102)94(92-76)74-63(86)50-57(83)51-64(74)87)71(61-46-45-56(82)49-62(61)85)73-77(93-95(79(73)103)75-65(88)52-58(84)53-66(75)89)97(60-43-37-34-38-44-60)99(70(101)55-68(91)81(99)105)48-40-32-30-28-26-24-22-20-18-16-14-12-10-8-6-4-2/h25-28,33-38,41-46,49-53,67-68,71H,3-24,29-32,39-40,47-48,54-55H2,1-2H3/p+2. The fourth-order valence-corrected chi connectivity index (χ4v) is 17.7. The molecular weight excluding hydrogens is 1540 g/mol. The molecule has 564 valence electrons. The van der Waals surface area contributed by atoms with E-state index in [-0.39, 0.29) is 104 Å². The van der Waals surface area contributed by atoms with E-state index in [9.17, 15) is 0 Å². The van der Waals surface area contributed by atoms with Gasteiger partial charge in [-0.25, -0.2) is 28.5 Å². The second-order valence-electron chi connectivity index (χ2n) is 27.5. The molecule has 2 N–H and O–H groups in total. The summed E-state index contributed by atoms with van der Waals surface area (Å²) >= 11 is 70.4. The molecule has 2 saturated heterocycles. The molecule has 7 aromatic rings. The molecule has 0 aliphatic carbocycles. The molecule has 2 fully saturated rings. The summed E-state index contributed by atoms with van der Waals surface area (Å²) in [6.45, 7) is 4.16. The van der Waals surface area contributed by atoms with Crippen molar-refractivity contribution in [2.75, 3.05) is 23.1 Å². The van der Waals surface area contributed by atoms with Gasteiger partial charge in [0.15, 0.2) is 22.4 Å². The van der Waals surface area contributed by atoms with Gasteiger partial charge in [-0.05, 0) is 118 Å². The Labute approximate surface area is 667 Å². The lowest BCUT2D eigenvalue weighted by Crippen LogP contribution is -2.64. The summed E-state index contributed by atoms with van der Waals surface area (Å²) in [6, 6.07) is 27.1. The van der Waals surface area contributed by atoms with Crippen LogP contribution in [-0.2, 0) is 19.2 Å². The molecule has 0 saturated carbocycles. The van der Waals surface area contributed by atoms with Crippen LogP contribution < -0.4 is 21.1 Å². The van der Waals surface area contributed by atoms with E-state index in [0.29, 0.717) is 38.5 Å². The van der Waals surface area contributed by atoms with Crippen LogP contribution in [0.2, 0.25) is 40.2 Å². The van der Waals surface area contributed by atoms with Crippen molar-refractivity contribution in [3.05, 3.63) is 205 Å². The van der Waals surface area contributed by atoms with Gasteiger partial charge in [0.25, 0.3) is 11.1 Å². The van der Waals surface area contributed by atoms with Gasteiger partial charge >= 0.3 is 23.6 Å². The van der Waals surface area contributed by atoms with Gasteiger partial charge in [-0.2, -0.15) is 10.0 Å². The number of aromatic nitrogens is 4. The average Bonchev–Trinajstić information content (AvgIpc) is 1.57. The molecule has 0 bridgehead atoms. The Bertz CT molecular complexity index is 3980. The molecule has 0 radical (unpaired) electrons. The molecule has 9 rings (SSSR count). The maximum absolute atomic E-state index is 17.0. The Balaban J connectivity index is 1.23. The summed E-state index contributed by atoms with van der Waals surface area (Å²) in [4.78, 5) is 96.9. The number of benzene rings is 5. The topological polar surface area (TPSA) is 150 Å². The van der Waals surface area contributed by atoms with Gasteiger partial charge in [0.1, 0.15) is 24.5 Å². The number of allylic oxidation sites excluding steroid dienone is 4. The van der Waals surface area contributed by atoms with Gasteiger partial charge in [0.2, 0.25) is 0 Å². The van der Waals surface area contributed by atoms with Gasteiger partial charge in [-0.3, -0.25) is 19.8 Å². The normalized spacial score (nSPS) is 17.9. The van der Waals surface area contributed by atoms with E-state index < -0.39 is 73.4 Å². The maximum Gasteiger partial charge on any atom is 0.364 e. The Morgan fingerprint density at radius 2 is 0.724 bits per heavy atom. The van der Waals surface area contributed by atoms with Gasteiger partial charge < -0.3 is 0 Å². The molecule has 24 heteroatoms. The highest BCUT2D eigenvalue weighted by Gasteiger charge is 2.63. The minimum atomic E-state index is -1.82. The second kappa shape index (κ2) is 40.9. The van der Waals surface area contributed by atoms with E-state index in [1.807, 2.05) is 0 Å². The third-order valence-electron chi connectivity index (χ3n) is 20.0. The summed E-state index contributed by atoms with van der Waals surface area (Å²) in [7, 11) is 0. The van der Waals surface area contributed by atoms with Gasteiger partial charge in [0, 0.05) is 32.9 Å². The number of H-pyrrole nitrogens is 2. The number of amides is 4. The van der Waals surface area contributed by atoms with E-state index in [4.69, 9.17) is 116 Å². The number of carbonyl (C=O) groups excluding carboxylic acids is 4. The number of nitrogens with one attached hydrogen (secondary N) is 2. The highest BCUT2D eigenvalue weighted by atomic mass is 35.5. The number of alkyl halides is 2. The number of likely N-dealkylation sites (tertiary alicyclic amines) is 2. The third kappa shape index (κ3) is 20.2. The third-order valence-corrected chi connectivity index (χ3v) is 22.8. The molecule has 4 amide bonds. The summed E-state index contributed by atoms with van der Waals surface area (Å²) in [5.74, 6) is -4.90. The first-order valence-corrected chi connectivity index (χ1v) is 41.3. The smallest absolute Gasteiger partial charge is 0.271 e. The summed E-state index contributed by atoms with van der Waals surface area (Å²) in [6.07, 6.45) is 37.3. The van der Waals surface area contributed by atoms with Crippen LogP contribution in [0.15, 0.2) is 137 Å². The molecule has 4 atom stereocenters. The van der Waals surface area contributed by atoms with Crippen molar-refractivity contribution in [3.63, 3.8) is 0 Å². The zero-order valence-electron chi connectivity index (χ0n) is 59.9. The lowest BCUT2D eigenvalue weighted by Gasteiger charge is -2.40. The number of aromatic amines is 2. The predicted octanol–water partition coefficient (Wildman–Crippen LogP) is 25.0. The van der Waals surface area contributed by atoms with Crippen LogP contribution in [-0.4, -0.2) is 76.2 Å². The van der Waals surface area contributed by atoms with Crippen LogP contribution in [0.5, 0.6) is 0 Å². The van der Waals surface area contributed by atoms with Crippen molar-refractivity contribution >= 4 is 163 Å². The highest BCUT2D eigenvalue weighted by Crippen LogP contribution is 2.50. The molecule has 4 unspecified atom stereocenters. The number of hydrogen-bond donors (Lipinski definition) is 2. The quantitative estimate of drug-likeness (QED) is 0.0126. The number of anilines is 4. The molecule has 5 aromatic carbocycles. The van der Waals surface area contributed by atoms with E-state index in [1.165, 1.54) is 155 Å². The zero-order chi connectivity index (χ0) is 75.2. The number of hydrogen-bond acceptors (Lipinski definition) is 8.